The van der Waals surface area contributed by atoms with E-state index in [4.69, 9.17) is 14.6 Å². The molecule has 2 rings (SSSR count). The lowest BCUT2D eigenvalue weighted by Gasteiger charge is -2.17. The van der Waals surface area contributed by atoms with Gasteiger partial charge in [-0.25, -0.2) is 9.78 Å². The summed E-state index contributed by atoms with van der Waals surface area (Å²) in [5.74, 6) is -0.559. The number of carboxylic acid groups (broad SMARTS) is 1. The number of aromatic nitrogens is 1. The van der Waals surface area contributed by atoms with Gasteiger partial charge in [0.15, 0.2) is 5.75 Å². The zero-order valence-electron chi connectivity index (χ0n) is 6.69. The molecule has 1 aromatic rings. The molecule has 5 heteroatoms. The molecule has 0 saturated carbocycles. The average Bonchev–Trinajstić information content (AvgIpc) is 2.17. The summed E-state index contributed by atoms with van der Waals surface area (Å²) in [6.45, 7) is 0.766. The second kappa shape index (κ2) is 2.93. The topological polar surface area (TPSA) is 68.7 Å². The Hall–Kier alpha value is -1.78. The summed E-state index contributed by atoms with van der Waals surface area (Å²) in [7, 11) is 0. The van der Waals surface area contributed by atoms with Crippen LogP contribution < -0.4 is 9.47 Å². The maximum absolute atomic E-state index is 10.7. The van der Waals surface area contributed by atoms with Crippen LogP contribution in [0.5, 0.6) is 11.6 Å². The van der Waals surface area contributed by atoms with Crippen molar-refractivity contribution < 1.29 is 19.4 Å². The lowest BCUT2D eigenvalue weighted by atomic mass is 10.2. The minimum absolute atomic E-state index is 0.0877. The number of hydrogen-bond donors (Lipinski definition) is 1. The molecule has 0 fully saturated rings. The molecule has 2 heterocycles. The van der Waals surface area contributed by atoms with Gasteiger partial charge in [0.05, 0.1) is 0 Å². The van der Waals surface area contributed by atoms with Crippen LogP contribution >= 0.6 is 0 Å². The minimum Gasteiger partial charge on any atom is -0.484 e. The first-order chi connectivity index (χ1) is 6.29. The fourth-order valence-electron chi connectivity index (χ4n) is 1.12. The number of ether oxygens (including phenoxy) is 2. The smallest absolute Gasteiger partial charge is 0.339 e. The Balaban J connectivity index is 2.52. The molecule has 1 aliphatic heterocycles. The first-order valence-corrected chi connectivity index (χ1v) is 3.77. The molecule has 0 aromatic carbocycles. The summed E-state index contributed by atoms with van der Waals surface area (Å²) >= 11 is 0. The van der Waals surface area contributed by atoms with Crippen molar-refractivity contribution in [2.45, 2.75) is 0 Å². The number of carboxylic acids is 1. The maximum Gasteiger partial charge on any atom is 0.339 e. The molecule has 0 spiro atoms. The molecule has 1 N–H and O–H groups in total. The fourth-order valence-corrected chi connectivity index (χ4v) is 1.12. The van der Waals surface area contributed by atoms with Crippen molar-refractivity contribution in [2.24, 2.45) is 0 Å². The summed E-state index contributed by atoms with van der Waals surface area (Å²) in [5.41, 5.74) is 0.0877. The van der Waals surface area contributed by atoms with Crippen molar-refractivity contribution in [3.05, 3.63) is 17.8 Å². The quantitative estimate of drug-likeness (QED) is 0.685. The van der Waals surface area contributed by atoms with Crippen LogP contribution in [0.25, 0.3) is 0 Å². The van der Waals surface area contributed by atoms with Gasteiger partial charge in [-0.3, -0.25) is 0 Å². The average molecular weight is 181 g/mol. The number of fused-ring (bicyclic) bond motifs is 1. The highest BCUT2D eigenvalue weighted by atomic mass is 16.6. The summed E-state index contributed by atoms with van der Waals surface area (Å²) in [6.07, 6.45) is 1.39. The van der Waals surface area contributed by atoms with Crippen molar-refractivity contribution >= 4 is 5.97 Å². The predicted molar refractivity (Wildman–Crippen MR) is 42.2 cm³/mol. The summed E-state index contributed by atoms with van der Waals surface area (Å²) < 4.78 is 10.3. The second-order valence-electron chi connectivity index (χ2n) is 2.49. The molecule has 0 bridgehead atoms. The largest absolute Gasteiger partial charge is 0.484 e. The van der Waals surface area contributed by atoms with E-state index in [1.807, 2.05) is 0 Å². The van der Waals surface area contributed by atoms with Gasteiger partial charge >= 0.3 is 5.97 Å². The minimum atomic E-state index is -1.04. The van der Waals surface area contributed by atoms with E-state index in [0.29, 0.717) is 13.2 Å². The van der Waals surface area contributed by atoms with Crippen molar-refractivity contribution in [3.8, 4) is 11.6 Å². The fraction of sp³-hybridized carbons (Fsp3) is 0.250. The summed E-state index contributed by atoms with van der Waals surface area (Å²) in [6, 6.07) is 1.38. The number of nitrogens with zero attached hydrogens (tertiary/aromatic N) is 1. The number of hydrogen-bond acceptors (Lipinski definition) is 4. The number of carbonyl (C=O) groups is 1. The Morgan fingerprint density at radius 3 is 3.00 bits per heavy atom. The van der Waals surface area contributed by atoms with Crippen LogP contribution in [0.15, 0.2) is 12.3 Å². The third-order valence-electron chi connectivity index (χ3n) is 1.67. The van der Waals surface area contributed by atoms with E-state index < -0.39 is 5.97 Å². The van der Waals surface area contributed by atoms with Crippen molar-refractivity contribution in [1.82, 2.24) is 4.98 Å². The van der Waals surface area contributed by atoms with Gasteiger partial charge in [0.2, 0.25) is 0 Å². The molecule has 13 heavy (non-hydrogen) atoms. The number of pyridine rings is 1. The normalized spacial score (nSPS) is 13.8. The van der Waals surface area contributed by atoms with Crippen molar-refractivity contribution in [1.29, 1.82) is 0 Å². The lowest BCUT2D eigenvalue weighted by molar-refractivity contribution is 0.0685. The highest BCUT2D eigenvalue weighted by Gasteiger charge is 2.20. The van der Waals surface area contributed by atoms with Crippen LogP contribution in [-0.2, 0) is 0 Å². The van der Waals surface area contributed by atoms with E-state index >= 15 is 0 Å². The monoisotopic (exact) mass is 181 g/mol. The second-order valence-corrected chi connectivity index (χ2v) is 2.49. The molecule has 0 aliphatic carbocycles. The first kappa shape index (κ1) is 7.85. The van der Waals surface area contributed by atoms with Gasteiger partial charge in [0, 0.05) is 6.20 Å². The molecule has 1 aliphatic rings. The number of rotatable bonds is 1. The van der Waals surface area contributed by atoms with E-state index in [1.54, 1.807) is 0 Å². The first-order valence-electron chi connectivity index (χ1n) is 3.77. The van der Waals surface area contributed by atoms with Crippen LogP contribution in [-0.4, -0.2) is 29.3 Å². The molecule has 0 saturated heterocycles. The molecule has 5 nitrogen and oxygen atoms in total. The maximum atomic E-state index is 10.7. The standard InChI is InChI=1S/C8H7NO4/c10-8(11)5-1-2-9-7-6(5)12-3-4-13-7/h1-2H,3-4H2,(H,10,11). The van der Waals surface area contributed by atoms with Gasteiger partial charge in [0.25, 0.3) is 5.88 Å². The van der Waals surface area contributed by atoms with Crippen LogP contribution in [0.2, 0.25) is 0 Å². The van der Waals surface area contributed by atoms with Crippen molar-refractivity contribution in [3.63, 3.8) is 0 Å². The molecule has 0 radical (unpaired) electrons. The molecular formula is C8H7NO4. The Morgan fingerprint density at radius 2 is 2.23 bits per heavy atom. The third-order valence-corrected chi connectivity index (χ3v) is 1.67. The molecule has 0 unspecified atom stereocenters. The Kier molecular flexibility index (Phi) is 1.77. The zero-order chi connectivity index (χ0) is 9.26. The predicted octanol–water partition coefficient (Wildman–Crippen LogP) is 0.551. The highest BCUT2D eigenvalue weighted by molar-refractivity contribution is 5.91. The van der Waals surface area contributed by atoms with Crippen molar-refractivity contribution in [2.75, 3.05) is 13.2 Å². The molecule has 0 amide bonds. The highest BCUT2D eigenvalue weighted by Crippen LogP contribution is 2.30. The van der Waals surface area contributed by atoms with Gasteiger partial charge in [0.1, 0.15) is 18.8 Å². The summed E-state index contributed by atoms with van der Waals surface area (Å²) in [5, 5.41) is 8.78. The molecule has 0 atom stereocenters. The Bertz CT molecular complexity index is 350. The van der Waals surface area contributed by atoms with Gasteiger partial charge < -0.3 is 14.6 Å². The van der Waals surface area contributed by atoms with E-state index in [0.717, 1.165) is 0 Å². The molecular weight excluding hydrogens is 174 g/mol. The van der Waals surface area contributed by atoms with Gasteiger partial charge in [-0.1, -0.05) is 0 Å². The molecule has 1 aromatic heterocycles. The SMILES string of the molecule is O=C(O)c1ccnc2c1OCCO2. The Labute approximate surface area is 73.9 Å². The van der Waals surface area contributed by atoms with Gasteiger partial charge in [-0.2, -0.15) is 0 Å². The van der Waals surface area contributed by atoms with E-state index in [1.165, 1.54) is 12.3 Å². The third kappa shape index (κ3) is 1.28. The summed E-state index contributed by atoms with van der Waals surface area (Å²) in [4.78, 5) is 14.6. The van der Waals surface area contributed by atoms with Crippen LogP contribution in [0, 0.1) is 0 Å². The van der Waals surface area contributed by atoms with E-state index in [9.17, 15) is 4.79 Å². The molecule has 68 valence electrons. The van der Waals surface area contributed by atoms with Crippen LogP contribution in [0.3, 0.4) is 0 Å². The Morgan fingerprint density at radius 1 is 1.46 bits per heavy atom. The van der Waals surface area contributed by atoms with Gasteiger partial charge in [-0.15, -0.1) is 0 Å². The van der Waals surface area contributed by atoms with E-state index in [-0.39, 0.29) is 17.2 Å². The van der Waals surface area contributed by atoms with E-state index in [2.05, 4.69) is 4.98 Å². The van der Waals surface area contributed by atoms with Crippen LogP contribution in [0.1, 0.15) is 10.4 Å². The lowest BCUT2D eigenvalue weighted by Crippen LogP contribution is -2.18. The number of aromatic carboxylic acids is 1. The van der Waals surface area contributed by atoms with Crippen LogP contribution in [0.4, 0.5) is 0 Å². The van der Waals surface area contributed by atoms with Gasteiger partial charge in [-0.05, 0) is 6.07 Å². The zero-order valence-corrected chi connectivity index (χ0v) is 6.69.